The number of nitrogens with zero attached hydrogens (tertiary/aromatic N) is 2. The summed E-state index contributed by atoms with van der Waals surface area (Å²) in [6.07, 6.45) is 0.497. The fourth-order valence-electron chi connectivity index (χ4n) is 2.04. The van der Waals surface area contributed by atoms with Gasteiger partial charge in [0.2, 0.25) is 0 Å². The van der Waals surface area contributed by atoms with Gasteiger partial charge in [0.05, 0.1) is 18.8 Å². The Morgan fingerprint density at radius 1 is 1.19 bits per heavy atom. The van der Waals surface area contributed by atoms with Crippen LogP contribution in [-0.2, 0) is 14.9 Å². The smallest absolute Gasteiger partial charge is 0.282 e. The van der Waals surface area contributed by atoms with Crippen molar-refractivity contribution >= 4 is 10.2 Å². The number of β-amino-alcohol motifs (C(OH)–C–C–N with tert-alkyl or cyclic N) is 1. The Morgan fingerprint density at radius 2 is 1.81 bits per heavy atom. The highest BCUT2D eigenvalue weighted by Crippen LogP contribution is 2.24. The van der Waals surface area contributed by atoms with E-state index in [1.165, 1.54) is 8.61 Å². The Morgan fingerprint density at radius 3 is 2.31 bits per heavy atom. The van der Waals surface area contributed by atoms with Gasteiger partial charge >= 0.3 is 0 Å². The average Bonchev–Trinajstić information content (AvgIpc) is 2.61. The van der Waals surface area contributed by atoms with Crippen LogP contribution >= 0.6 is 0 Å². The molecule has 2 aliphatic heterocycles. The summed E-state index contributed by atoms with van der Waals surface area (Å²) in [5.41, 5.74) is -0.890. The van der Waals surface area contributed by atoms with Gasteiger partial charge in [-0.05, 0) is 13.3 Å². The van der Waals surface area contributed by atoms with E-state index in [0.717, 1.165) is 0 Å². The van der Waals surface area contributed by atoms with Crippen molar-refractivity contribution in [2.75, 3.05) is 39.4 Å². The summed E-state index contributed by atoms with van der Waals surface area (Å²) < 4.78 is 32.2. The van der Waals surface area contributed by atoms with E-state index in [2.05, 4.69) is 0 Å². The van der Waals surface area contributed by atoms with Gasteiger partial charge in [0.15, 0.2) is 0 Å². The number of hydrogen-bond donors (Lipinski definition) is 1. The first-order chi connectivity index (χ1) is 7.42. The van der Waals surface area contributed by atoms with Crippen LogP contribution in [0.2, 0.25) is 0 Å². The summed E-state index contributed by atoms with van der Waals surface area (Å²) in [6.45, 7) is 3.95. The van der Waals surface area contributed by atoms with Crippen molar-refractivity contribution in [1.82, 2.24) is 8.61 Å². The van der Waals surface area contributed by atoms with E-state index in [4.69, 9.17) is 4.74 Å². The van der Waals surface area contributed by atoms with Gasteiger partial charge in [-0.25, -0.2) is 0 Å². The van der Waals surface area contributed by atoms with Crippen molar-refractivity contribution in [3.05, 3.63) is 0 Å². The second-order valence-corrected chi connectivity index (χ2v) is 6.53. The number of morpholine rings is 1. The first-order valence-corrected chi connectivity index (χ1v) is 6.87. The third kappa shape index (κ3) is 2.38. The maximum atomic E-state index is 12.2. The molecule has 0 aromatic carbocycles. The van der Waals surface area contributed by atoms with E-state index >= 15 is 0 Å². The van der Waals surface area contributed by atoms with E-state index in [-0.39, 0.29) is 6.54 Å². The Kier molecular flexibility index (Phi) is 3.24. The minimum absolute atomic E-state index is 0.187. The van der Waals surface area contributed by atoms with Crippen molar-refractivity contribution in [3.63, 3.8) is 0 Å². The molecule has 1 unspecified atom stereocenters. The Hall–Kier alpha value is -0.210. The molecule has 0 aromatic rings. The van der Waals surface area contributed by atoms with Crippen LogP contribution in [0.15, 0.2) is 0 Å². The van der Waals surface area contributed by atoms with Crippen LogP contribution in [0, 0.1) is 0 Å². The second kappa shape index (κ2) is 4.23. The van der Waals surface area contributed by atoms with E-state index in [1.54, 1.807) is 6.92 Å². The summed E-state index contributed by atoms with van der Waals surface area (Å²) >= 11 is 0. The Balaban J connectivity index is 2.07. The standard InChI is InChI=1S/C9H18N2O4S/c1-9(12)2-3-11(8-9)16(13,14)10-4-6-15-7-5-10/h12H,2-8H2,1H3. The lowest BCUT2D eigenvalue weighted by Crippen LogP contribution is -2.48. The molecule has 0 aliphatic carbocycles. The highest BCUT2D eigenvalue weighted by Gasteiger charge is 2.40. The highest BCUT2D eigenvalue weighted by atomic mass is 32.2. The van der Waals surface area contributed by atoms with Gasteiger partial charge in [-0.2, -0.15) is 17.0 Å². The van der Waals surface area contributed by atoms with E-state index in [9.17, 15) is 13.5 Å². The number of hydrogen-bond acceptors (Lipinski definition) is 4. The predicted octanol–water partition coefficient (Wildman–Crippen LogP) is -0.980. The van der Waals surface area contributed by atoms with Crippen LogP contribution < -0.4 is 0 Å². The third-order valence-corrected chi connectivity index (χ3v) is 5.02. The summed E-state index contributed by atoms with van der Waals surface area (Å²) in [4.78, 5) is 0. The normalized spacial score (nSPS) is 34.4. The largest absolute Gasteiger partial charge is 0.389 e. The monoisotopic (exact) mass is 250 g/mol. The van der Waals surface area contributed by atoms with Crippen LogP contribution in [-0.4, -0.2) is 67.1 Å². The molecular weight excluding hydrogens is 232 g/mol. The molecule has 0 bridgehead atoms. The fourth-order valence-corrected chi connectivity index (χ4v) is 3.74. The molecule has 0 saturated carbocycles. The fraction of sp³-hybridized carbons (Fsp3) is 1.00. The van der Waals surface area contributed by atoms with Crippen molar-refractivity contribution in [3.8, 4) is 0 Å². The molecule has 2 fully saturated rings. The molecule has 2 rings (SSSR count). The number of aliphatic hydroxyl groups is 1. The van der Waals surface area contributed by atoms with Crippen LogP contribution in [0.4, 0.5) is 0 Å². The molecule has 2 heterocycles. The van der Waals surface area contributed by atoms with Crippen LogP contribution in [0.25, 0.3) is 0 Å². The molecule has 0 aromatic heterocycles. The lowest BCUT2D eigenvalue weighted by molar-refractivity contribution is 0.0657. The van der Waals surface area contributed by atoms with Gasteiger partial charge < -0.3 is 9.84 Å². The zero-order chi connectivity index (χ0) is 11.8. The quantitative estimate of drug-likeness (QED) is 0.684. The Bertz CT molecular complexity index is 349. The molecule has 0 spiro atoms. The lowest BCUT2D eigenvalue weighted by atomic mass is 10.1. The molecule has 0 amide bonds. The zero-order valence-electron chi connectivity index (χ0n) is 9.42. The first kappa shape index (κ1) is 12.3. The lowest BCUT2D eigenvalue weighted by Gasteiger charge is -2.30. The third-order valence-electron chi connectivity index (χ3n) is 3.04. The minimum Gasteiger partial charge on any atom is -0.389 e. The van der Waals surface area contributed by atoms with Gasteiger partial charge in [-0.1, -0.05) is 0 Å². The summed E-state index contributed by atoms with van der Waals surface area (Å²) in [7, 11) is -3.41. The SMILES string of the molecule is CC1(O)CCN(S(=O)(=O)N2CCOCC2)C1. The average molecular weight is 250 g/mol. The van der Waals surface area contributed by atoms with E-state index < -0.39 is 15.8 Å². The molecule has 7 heteroatoms. The number of rotatable bonds is 2. The summed E-state index contributed by atoms with van der Waals surface area (Å²) in [6, 6.07) is 0. The predicted molar refractivity (Wildman–Crippen MR) is 58.1 cm³/mol. The topological polar surface area (TPSA) is 70.1 Å². The van der Waals surface area contributed by atoms with Crippen molar-refractivity contribution in [2.45, 2.75) is 18.9 Å². The maximum absolute atomic E-state index is 12.2. The van der Waals surface area contributed by atoms with E-state index in [1.807, 2.05) is 0 Å². The molecule has 2 saturated heterocycles. The van der Waals surface area contributed by atoms with Crippen LogP contribution in [0.5, 0.6) is 0 Å². The molecule has 94 valence electrons. The summed E-state index contributed by atoms with van der Waals surface area (Å²) in [5, 5.41) is 9.78. The van der Waals surface area contributed by atoms with Gasteiger partial charge in [0.25, 0.3) is 10.2 Å². The Labute approximate surface area is 96.0 Å². The number of ether oxygens (including phenoxy) is 1. The van der Waals surface area contributed by atoms with Gasteiger partial charge in [-0.3, -0.25) is 0 Å². The second-order valence-electron chi connectivity index (χ2n) is 4.60. The molecule has 2 aliphatic rings. The highest BCUT2D eigenvalue weighted by molar-refractivity contribution is 7.86. The van der Waals surface area contributed by atoms with Crippen molar-refractivity contribution in [2.24, 2.45) is 0 Å². The van der Waals surface area contributed by atoms with Crippen LogP contribution in [0.1, 0.15) is 13.3 Å². The first-order valence-electron chi connectivity index (χ1n) is 5.47. The molecular formula is C9H18N2O4S. The summed E-state index contributed by atoms with van der Waals surface area (Å²) in [5.74, 6) is 0. The molecule has 1 N–H and O–H groups in total. The van der Waals surface area contributed by atoms with Gasteiger partial charge in [0.1, 0.15) is 0 Å². The minimum atomic E-state index is -3.41. The molecule has 1 atom stereocenters. The maximum Gasteiger partial charge on any atom is 0.282 e. The van der Waals surface area contributed by atoms with Crippen LogP contribution in [0.3, 0.4) is 0 Å². The molecule has 16 heavy (non-hydrogen) atoms. The van der Waals surface area contributed by atoms with Gasteiger partial charge in [-0.15, -0.1) is 0 Å². The van der Waals surface area contributed by atoms with Crippen molar-refractivity contribution < 1.29 is 18.3 Å². The van der Waals surface area contributed by atoms with E-state index in [0.29, 0.717) is 39.3 Å². The molecule has 6 nitrogen and oxygen atoms in total. The molecule has 0 radical (unpaired) electrons. The van der Waals surface area contributed by atoms with Crippen molar-refractivity contribution in [1.29, 1.82) is 0 Å². The zero-order valence-corrected chi connectivity index (χ0v) is 10.2. The van der Waals surface area contributed by atoms with Gasteiger partial charge in [0, 0.05) is 26.2 Å².